The minimum atomic E-state index is 0.397. The molecule has 18 heavy (non-hydrogen) atoms. The minimum absolute atomic E-state index is 0.397. The van der Waals surface area contributed by atoms with Crippen LogP contribution in [0.25, 0.3) is 0 Å². The van der Waals surface area contributed by atoms with Gasteiger partial charge in [-0.2, -0.15) is 0 Å². The van der Waals surface area contributed by atoms with E-state index in [4.69, 9.17) is 0 Å². The third-order valence-corrected chi connectivity index (χ3v) is 6.72. The Kier molecular flexibility index (Phi) is 2.43. The summed E-state index contributed by atoms with van der Waals surface area (Å²) in [6.07, 6.45) is 8.93. The van der Waals surface area contributed by atoms with Crippen LogP contribution in [0.5, 0.6) is 0 Å². The van der Waals surface area contributed by atoms with Gasteiger partial charge in [0.05, 0.1) is 19.0 Å². The molecule has 4 rings (SSSR count). The largest absolute Gasteiger partial charge is 0.329 e. The third-order valence-electron chi connectivity index (χ3n) is 6.72. The van der Waals surface area contributed by atoms with E-state index >= 15 is 0 Å². The Bertz CT molecular complexity index is 377. The summed E-state index contributed by atoms with van der Waals surface area (Å²) in [5, 5.41) is 0. The van der Waals surface area contributed by atoms with Gasteiger partial charge in [0.15, 0.2) is 0 Å². The fraction of sp³-hybridized carbons (Fsp3) is 0.938. The number of carbonyl (C=O) groups is 1. The molecule has 1 N–H and O–H groups in total. The Morgan fingerprint density at radius 1 is 1.22 bits per heavy atom. The van der Waals surface area contributed by atoms with E-state index < -0.39 is 0 Å². The Labute approximate surface area is 110 Å². The lowest BCUT2D eigenvalue weighted by atomic mass is 9.48. The Balaban J connectivity index is 1.82. The first-order valence-electron chi connectivity index (χ1n) is 8.09. The molecule has 2 aliphatic heterocycles. The van der Waals surface area contributed by atoms with Crippen molar-refractivity contribution in [1.82, 2.24) is 0 Å². The van der Waals surface area contributed by atoms with E-state index in [0.717, 1.165) is 24.2 Å². The average molecular weight is 248 g/mol. The van der Waals surface area contributed by atoms with Gasteiger partial charge in [0.1, 0.15) is 11.3 Å². The van der Waals surface area contributed by atoms with Crippen LogP contribution in [-0.2, 0) is 4.79 Å². The molecule has 2 unspecified atom stereocenters. The highest BCUT2D eigenvalue weighted by Gasteiger charge is 2.65. The van der Waals surface area contributed by atoms with Crippen molar-refractivity contribution in [3.8, 4) is 0 Å². The fourth-order valence-corrected chi connectivity index (χ4v) is 6.44. The van der Waals surface area contributed by atoms with E-state index in [0.29, 0.717) is 17.2 Å². The molecule has 2 saturated carbocycles. The quantitative estimate of drug-likeness (QED) is 0.688. The molecule has 0 aromatic heterocycles. The van der Waals surface area contributed by atoms with Crippen molar-refractivity contribution in [3.63, 3.8) is 0 Å². The monoisotopic (exact) mass is 248 g/mol. The van der Waals surface area contributed by atoms with Gasteiger partial charge in [-0.3, -0.25) is 4.79 Å². The second-order valence-electron chi connectivity index (χ2n) is 7.56. The zero-order valence-electron chi connectivity index (χ0n) is 11.6. The van der Waals surface area contributed by atoms with Crippen LogP contribution in [0.3, 0.4) is 0 Å². The summed E-state index contributed by atoms with van der Waals surface area (Å²) in [6.45, 7) is 5.13. The number of hydrogen-bond donors (Lipinski definition) is 1. The Hall–Kier alpha value is -0.370. The maximum absolute atomic E-state index is 12.6. The van der Waals surface area contributed by atoms with Gasteiger partial charge in [0.2, 0.25) is 0 Å². The molecule has 2 aliphatic carbocycles. The van der Waals surface area contributed by atoms with Crippen LogP contribution in [0.15, 0.2) is 0 Å². The molecule has 0 radical (unpaired) electrons. The van der Waals surface area contributed by atoms with E-state index in [9.17, 15) is 4.79 Å². The van der Waals surface area contributed by atoms with Crippen molar-refractivity contribution >= 4 is 5.78 Å². The van der Waals surface area contributed by atoms with E-state index in [1.807, 2.05) is 4.90 Å². The molecule has 100 valence electrons. The molecule has 2 heteroatoms. The number of hydrogen-bond acceptors (Lipinski definition) is 1. The number of rotatable bonds is 0. The highest BCUT2D eigenvalue weighted by Crippen LogP contribution is 2.53. The number of quaternary nitrogens is 1. The maximum Gasteiger partial charge on any atom is 0.142 e. The van der Waals surface area contributed by atoms with Gasteiger partial charge in [0, 0.05) is 18.8 Å². The molecule has 4 aliphatic rings. The van der Waals surface area contributed by atoms with Crippen LogP contribution in [0.4, 0.5) is 0 Å². The van der Waals surface area contributed by atoms with Crippen LogP contribution in [0.2, 0.25) is 0 Å². The van der Waals surface area contributed by atoms with Gasteiger partial charge in [-0.25, -0.2) is 0 Å². The summed E-state index contributed by atoms with van der Waals surface area (Å²) in [7, 11) is 0. The molecule has 2 bridgehead atoms. The highest BCUT2D eigenvalue weighted by molar-refractivity contribution is 5.84. The van der Waals surface area contributed by atoms with Crippen molar-refractivity contribution in [3.05, 3.63) is 0 Å². The van der Waals surface area contributed by atoms with Crippen molar-refractivity contribution in [2.75, 3.05) is 13.1 Å². The molecule has 6 atom stereocenters. The molecule has 1 spiro atoms. The molecule has 2 heterocycles. The third kappa shape index (κ3) is 1.31. The first-order chi connectivity index (χ1) is 8.72. The smallest absolute Gasteiger partial charge is 0.142 e. The predicted molar refractivity (Wildman–Crippen MR) is 70.4 cm³/mol. The van der Waals surface area contributed by atoms with Crippen LogP contribution in [0, 0.1) is 23.7 Å². The zero-order valence-corrected chi connectivity index (χ0v) is 11.6. The summed E-state index contributed by atoms with van der Waals surface area (Å²) >= 11 is 0. The van der Waals surface area contributed by atoms with Crippen molar-refractivity contribution < 1.29 is 9.69 Å². The van der Waals surface area contributed by atoms with E-state index in [1.165, 1.54) is 51.6 Å². The molecule has 0 amide bonds. The van der Waals surface area contributed by atoms with Gasteiger partial charge in [-0.15, -0.1) is 0 Å². The lowest BCUT2D eigenvalue weighted by molar-refractivity contribution is -0.975. The highest BCUT2D eigenvalue weighted by atomic mass is 16.1. The van der Waals surface area contributed by atoms with E-state index in [1.54, 1.807) is 0 Å². The SMILES string of the molecule is C[C@H]1C[C@@H]2CC(=O)[C@H]3CCC[NH+]4CCC[C@H]2C34C1. The van der Waals surface area contributed by atoms with Crippen molar-refractivity contribution in [2.24, 2.45) is 23.7 Å². The second kappa shape index (κ2) is 3.82. The van der Waals surface area contributed by atoms with Crippen LogP contribution in [-0.4, -0.2) is 24.4 Å². The van der Waals surface area contributed by atoms with E-state index in [-0.39, 0.29) is 0 Å². The lowest BCUT2D eigenvalue weighted by Crippen LogP contribution is -3.25. The molecule has 0 aromatic carbocycles. The average Bonchev–Trinajstić information content (AvgIpc) is 2.33. The maximum atomic E-state index is 12.6. The summed E-state index contributed by atoms with van der Waals surface area (Å²) in [4.78, 5) is 14.4. The molecule has 0 aromatic rings. The first-order valence-corrected chi connectivity index (χ1v) is 8.09. The standard InChI is InChI=1S/C16H25NO/c1-11-8-12-9-15(18)14-5-3-7-17-6-2-4-13(12)16(14,17)10-11/h11-14H,2-10H2,1H3/p+1/t11-,12+,13+,14+,16?/m0/s1. The number of carbonyl (C=O) groups excluding carboxylic acids is 1. The number of nitrogens with one attached hydrogen (secondary N) is 1. The Morgan fingerprint density at radius 3 is 2.83 bits per heavy atom. The summed E-state index contributed by atoms with van der Waals surface area (Å²) < 4.78 is 0. The molecular formula is C16H26NO+. The van der Waals surface area contributed by atoms with Crippen LogP contribution < -0.4 is 4.90 Å². The second-order valence-corrected chi connectivity index (χ2v) is 7.56. The molecule has 4 fully saturated rings. The van der Waals surface area contributed by atoms with Gasteiger partial charge < -0.3 is 4.90 Å². The van der Waals surface area contributed by atoms with Crippen LogP contribution >= 0.6 is 0 Å². The molecule has 2 nitrogen and oxygen atoms in total. The van der Waals surface area contributed by atoms with Gasteiger partial charge >= 0.3 is 0 Å². The predicted octanol–water partition coefficient (Wildman–Crippen LogP) is 1.45. The van der Waals surface area contributed by atoms with E-state index in [2.05, 4.69) is 6.92 Å². The molecule has 2 saturated heterocycles. The Morgan fingerprint density at radius 2 is 2.00 bits per heavy atom. The number of piperidine rings is 2. The normalized spacial score (nSPS) is 54.9. The molecular weight excluding hydrogens is 222 g/mol. The fourth-order valence-electron chi connectivity index (χ4n) is 6.44. The summed E-state index contributed by atoms with van der Waals surface area (Å²) in [6, 6.07) is 0. The van der Waals surface area contributed by atoms with Crippen molar-refractivity contribution in [1.29, 1.82) is 0 Å². The lowest BCUT2D eigenvalue weighted by Gasteiger charge is -2.62. The topological polar surface area (TPSA) is 21.5 Å². The number of ketones is 1. The van der Waals surface area contributed by atoms with Gasteiger partial charge in [0.25, 0.3) is 0 Å². The van der Waals surface area contributed by atoms with Gasteiger partial charge in [-0.1, -0.05) is 6.92 Å². The van der Waals surface area contributed by atoms with Crippen molar-refractivity contribution in [2.45, 2.75) is 57.4 Å². The zero-order chi connectivity index (χ0) is 12.3. The minimum Gasteiger partial charge on any atom is -0.329 e. The summed E-state index contributed by atoms with van der Waals surface area (Å²) in [5.74, 6) is 3.56. The van der Waals surface area contributed by atoms with Crippen LogP contribution in [0.1, 0.15) is 51.9 Å². The summed E-state index contributed by atoms with van der Waals surface area (Å²) in [5.41, 5.74) is 0.397. The van der Waals surface area contributed by atoms with Gasteiger partial charge in [-0.05, 0) is 43.9 Å². The number of Topliss-reactive ketones (excluding diaryl/α,β-unsaturated/α-hetero) is 1. The first kappa shape index (κ1) is 11.5.